The molecule has 1 aromatic carbocycles. The third kappa shape index (κ3) is 3.80. The predicted molar refractivity (Wildman–Crippen MR) is 83.5 cm³/mol. The quantitative estimate of drug-likeness (QED) is 0.868. The Labute approximate surface area is 127 Å². The van der Waals surface area contributed by atoms with E-state index in [9.17, 15) is 0 Å². The normalized spacial score (nSPS) is 18.6. The summed E-state index contributed by atoms with van der Waals surface area (Å²) in [5, 5.41) is 3.45. The molecule has 1 heterocycles. The van der Waals surface area contributed by atoms with Crippen LogP contribution in [0.4, 0.5) is 0 Å². The van der Waals surface area contributed by atoms with E-state index in [1.54, 1.807) is 21.3 Å². The highest BCUT2D eigenvalue weighted by Crippen LogP contribution is 2.35. The van der Waals surface area contributed by atoms with E-state index in [1.807, 2.05) is 12.1 Å². The Balaban J connectivity index is 2.20. The SMILES string of the molecule is COc1cc(OC)c(CN(C)C2CCCNC2)c(OC)c1. The van der Waals surface area contributed by atoms with E-state index in [-0.39, 0.29) is 0 Å². The smallest absolute Gasteiger partial charge is 0.130 e. The van der Waals surface area contributed by atoms with Crippen molar-refractivity contribution in [3.63, 3.8) is 0 Å². The van der Waals surface area contributed by atoms with Crippen LogP contribution in [0.2, 0.25) is 0 Å². The number of ether oxygens (including phenoxy) is 3. The van der Waals surface area contributed by atoms with Crippen molar-refractivity contribution in [2.45, 2.75) is 25.4 Å². The van der Waals surface area contributed by atoms with Gasteiger partial charge in [-0.05, 0) is 26.4 Å². The number of hydrogen-bond acceptors (Lipinski definition) is 5. The van der Waals surface area contributed by atoms with Crippen molar-refractivity contribution in [3.05, 3.63) is 17.7 Å². The summed E-state index contributed by atoms with van der Waals surface area (Å²) >= 11 is 0. The summed E-state index contributed by atoms with van der Waals surface area (Å²) < 4.78 is 16.3. The minimum absolute atomic E-state index is 0.551. The van der Waals surface area contributed by atoms with Crippen LogP contribution < -0.4 is 19.5 Å². The maximum Gasteiger partial charge on any atom is 0.130 e. The van der Waals surface area contributed by atoms with E-state index in [1.165, 1.54) is 12.8 Å². The average molecular weight is 294 g/mol. The van der Waals surface area contributed by atoms with E-state index in [0.717, 1.165) is 42.4 Å². The highest BCUT2D eigenvalue weighted by Gasteiger charge is 2.21. The molecule has 0 radical (unpaired) electrons. The molecule has 1 saturated heterocycles. The third-order valence-corrected chi connectivity index (χ3v) is 4.12. The Morgan fingerprint density at radius 1 is 1.14 bits per heavy atom. The molecule has 0 spiro atoms. The fraction of sp³-hybridized carbons (Fsp3) is 0.625. The lowest BCUT2D eigenvalue weighted by Crippen LogP contribution is -2.43. The first-order valence-electron chi connectivity index (χ1n) is 7.39. The lowest BCUT2D eigenvalue weighted by molar-refractivity contribution is 0.191. The summed E-state index contributed by atoms with van der Waals surface area (Å²) in [5.41, 5.74) is 1.06. The highest BCUT2D eigenvalue weighted by atomic mass is 16.5. The van der Waals surface area contributed by atoms with E-state index in [2.05, 4.69) is 17.3 Å². The molecule has 5 heteroatoms. The van der Waals surface area contributed by atoms with E-state index in [4.69, 9.17) is 14.2 Å². The Kier molecular flexibility index (Phi) is 5.70. The number of rotatable bonds is 6. The molecular weight excluding hydrogens is 268 g/mol. The second-order valence-electron chi connectivity index (χ2n) is 5.43. The number of nitrogens with one attached hydrogen (secondary N) is 1. The van der Waals surface area contributed by atoms with Crippen LogP contribution in [-0.2, 0) is 6.54 Å². The summed E-state index contributed by atoms with van der Waals surface area (Å²) in [6.45, 7) is 2.96. The van der Waals surface area contributed by atoms with Gasteiger partial charge in [-0.3, -0.25) is 4.90 Å². The highest BCUT2D eigenvalue weighted by molar-refractivity contribution is 5.50. The average Bonchev–Trinajstić information content (AvgIpc) is 2.55. The second-order valence-corrected chi connectivity index (χ2v) is 5.43. The lowest BCUT2D eigenvalue weighted by Gasteiger charge is -2.32. The van der Waals surface area contributed by atoms with Crippen LogP contribution in [0.25, 0.3) is 0 Å². The molecule has 1 atom stereocenters. The van der Waals surface area contributed by atoms with Gasteiger partial charge in [0.25, 0.3) is 0 Å². The van der Waals surface area contributed by atoms with Gasteiger partial charge in [-0.15, -0.1) is 0 Å². The van der Waals surface area contributed by atoms with Gasteiger partial charge in [-0.2, -0.15) is 0 Å². The molecule has 2 rings (SSSR count). The Morgan fingerprint density at radius 2 is 1.81 bits per heavy atom. The van der Waals surface area contributed by atoms with Crippen molar-refractivity contribution in [2.75, 3.05) is 41.5 Å². The maximum absolute atomic E-state index is 5.52. The monoisotopic (exact) mass is 294 g/mol. The summed E-state index contributed by atoms with van der Waals surface area (Å²) in [4.78, 5) is 2.36. The molecule has 1 N–H and O–H groups in total. The number of hydrogen-bond donors (Lipinski definition) is 1. The third-order valence-electron chi connectivity index (χ3n) is 4.12. The van der Waals surface area contributed by atoms with Gasteiger partial charge in [-0.25, -0.2) is 0 Å². The first kappa shape index (κ1) is 15.9. The van der Waals surface area contributed by atoms with Crippen LogP contribution in [-0.4, -0.2) is 52.4 Å². The molecule has 1 fully saturated rings. The van der Waals surface area contributed by atoms with Crippen molar-refractivity contribution in [2.24, 2.45) is 0 Å². The first-order chi connectivity index (χ1) is 10.2. The van der Waals surface area contributed by atoms with Crippen LogP contribution in [0.3, 0.4) is 0 Å². The molecule has 118 valence electrons. The van der Waals surface area contributed by atoms with Crippen molar-refractivity contribution in [1.82, 2.24) is 10.2 Å². The van der Waals surface area contributed by atoms with E-state index >= 15 is 0 Å². The molecule has 0 bridgehead atoms. The largest absolute Gasteiger partial charge is 0.496 e. The molecule has 5 nitrogen and oxygen atoms in total. The molecule has 1 aliphatic rings. The number of likely N-dealkylation sites (N-methyl/N-ethyl adjacent to an activating group) is 1. The van der Waals surface area contributed by atoms with Crippen LogP contribution in [0.5, 0.6) is 17.2 Å². The Hall–Kier alpha value is -1.46. The minimum Gasteiger partial charge on any atom is -0.496 e. The van der Waals surface area contributed by atoms with E-state index in [0.29, 0.717) is 6.04 Å². The standard InChI is InChI=1S/C16H26N2O3/c1-18(12-6-5-7-17-10-12)11-14-15(20-3)8-13(19-2)9-16(14)21-4/h8-9,12,17H,5-7,10-11H2,1-4H3. The zero-order valence-electron chi connectivity index (χ0n) is 13.4. The molecule has 1 unspecified atom stereocenters. The van der Waals surface area contributed by atoms with Crippen LogP contribution in [0, 0.1) is 0 Å². The molecular formula is C16H26N2O3. The number of benzene rings is 1. The zero-order chi connectivity index (χ0) is 15.2. The van der Waals surface area contributed by atoms with Gasteiger partial charge in [0.15, 0.2) is 0 Å². The number of methoxy groups -OCH3 is 3. The van der Waals surface area contributed by atoms with Gasteiger partial charge in [0.1, 0.15) is 17.2 Å². The van der Waals surface area contributed by atoms with Crippen molar-refractivity contribution in [3.8, 4) is 17.2 Å². The number of piperidine rings is 1. The van der Waals surface area contributed by atoms with Gasteiger partial charge < -0.3 is 19.5 Å². The maximum atomic E-state index is 5.52. The Bertz CT molecular complexity index is 434. The lowest BCUT2D eigenvalue weighted by atomic mass is 10.0. The zero-order valence-corrected chi connectivity index (χ0v) is 13.4. The molecule has 0 saturated carbocycles. The minimum atomic E-state index is 0.551. The van der Waals surface area contributed by atoms with E-state index < -0.39 is 0 Å². The summed E-state index contributed by atoms with van der Waals surface area (Å²) in [7, 11) is 7.16. The second kappa shape index (κ2) is 7.52. The molecule has 0 amide bonds. The summed E-state index contributed by atoms with van der Waals surface area (Å²) in [5.74, 6) is 2.36. The van der Waals surface area contributed by atoms with Gasteiger partial charge in [0.2, 0.25) is 0 Å². The molecule has 0 aromatic heterocycles. The summed E-state index contributed by atoms with van der Waals surface area (Å²) in [6, 6.07) is 4.37. The summed E-state index contributed by atoms with van der Waals surface area (Å²) in [6.07, 6.45) is 2.45. The number of nitrogens with zero attached hydrogens (tertiary/aromatic N) is 1. The van der Waals surface area contributed by atoms with Gasteiger partial charge in [-0.1, -0.05) is 0 Å². The fourth-order valence-corrected chi connectivity index (χ4v) is 2.82. The molecule has 21 heavy (non-hydrogen) atoms. The fourth-order valence-electron chi connectivity index (χ4n) is 2.82. The van der Waals surface area contributed by atoms with Crippen molar-refractivity contribution in [1.29, 1.82) is 0 Å². The van der Waals surface area contributed by atoms with Crippen molar-refractivity contribution >= 4 is 0 Å². The molecule has 1 aromatic rings. The van der Waals surface area contributed by atoms with Gasteiger partial charge >= 0.3 is 0 Å². The topological polar surface area (TPSA) is 43.0 Å². The van der Waals surface area contributed by atoms with Gasteiger partial charge in [0, 0.05) is 31.3 Å². The first-order valence-corrected chi connectivity index (χ1v) is 7.39. The Morgan fingerprint density at radius 3 is 2.29 bits per heavy atom. The van der Waals surface area contributed by atoms with Gasteiger partial charge in [0.05, 0.1) is 26.9 Å². The van der Waals surface area contributed by atoms with Crippen LogP contribution in [0.1, 0.15) is 18.4 Å². The van der Waals surface area contributed by atoms with Crippen molar-refractivity contribution < 1.29 is 14.2 Å². The van der Waals surface area contributed by atoms with Crippen LogP contribution >= 0.6 is 0 Å². The molecule has 0 aliphatic carbocycles. The predicted octanol–water partition coefficient (Wildman–Crippen LogP) is 1.90. The molecule has 1 aliphatic heterocycles. The van der Waals surface area contributed by atoms with Crippen LogP contribution in [0.15, 0.2) is 12.1 Å².